The number of carbonyl (C=O) groups excluding carboxylic acids is 1. The molecule has 0 aromatic carbocycles. The minimum absolute atomic E-state index is 0.0102. The first-order valence-electron chi connectivity index (χ1n) is 6.00. The van der Waals surface area contributed by atoms with Crippen LogP contribution in [-0.4, -0.2) is 35.2 Å². The summed E-state index contributed by atoms with van der Waals surface area (Å²) < 4.78 is 5.05. The molecule has 0 fully saturated rings. The van der Waals surface area contributed by atoms with Crippen LogP contribution in [0.3, 0.4) is 0 Å². The van der Waals surface area contributed by atoms with Gasteiger partial charge in [0.2, 0.25) is 5.91 Å². The number of nitrogens with one attached hydrogen (secondary N) is 1. The van der Waals surface area contributed by atoms with Gasteiger partial charge >= 0.3 is 5.97 Å². The van der Waals surface area contributed by atoms with E-state index in [1.165, 1.54) is 12.3 Å². The van der Waals surface area contributed by atoms with Gasteiger partial charge in [0.1, 0.15) is 5.69 Å². The highest BCUT2D eigenvalue weighted by Crippen LogP contribution is 2.02. The molecule has 104 valence electrons. The predicted molar refractivity (Wildman–Crippen MR) is 68.7 cm³/mol. The molecule has 0 aliphatic heterocycles. The predicted octanol–water partition coefficient (Wildman–Crippen LogP) is 1.21. The van der Waals surface area contributed by atoms with Gasteiger partial charge in [0.05, 0.1) is 6.10 Å². The molecule has 1 heterocycles. The summed E-state index contributed by atoms with van der Waals surface area (Å²) in [6, 6.07) is 3.05. The SMILES string of the molecule is COC(C)CCC(=O)NCc1ccc(C(=O)O)nc1. The van der Waals surface area contributed by atoms with E-state index in [1.807, 2.05) is 6.92 Å². The Labute approximate surface area is 111 Å². The zero-order chi connectivity index (χ0) is 14.3. The van der Waals surface area contributed by atoms with E-state index in [4.69, 9.17) is 9.84 Å². The summed E-state index contributed by atoms with van der Waals surface area (Å²) in [5.41, 5.74) is 0.752. The van der Waals surface area contributed by atoms with Crippen LogP contribution < -0.4 is 5.32 Å². The molecule has 1 aromatic rings. The molecule has 0 radical (unpaired) electrons. The fraction of sp³-hybridized carbons (Fsp3) is 0.462. The number of aromatic carboxylic acids is 1. The Morgan fingerprint density at radius 3 is 2.74 bits per heavy atom. The number of carboxylic acids is 1. The summed E-state index contributed by atoms with van der Waals surface area (Å²) in [7, 11) is 1.61. The quantitative estimate of drug-likeness (QED) is 0.774. The van der Waals surface area contributed by atoms with Gasteiger partial charge in [-0.15, -0.1) is 0 Å². The third-order valence-corrected chi connectivity index (χ3v) is 2.71. The smallest absolute Gasteiger partial charge is 0.354 e. The monoisotopic (exact) mass is 266 g/mol. The van der Waals surface area contributed by atoms with Crippen LogP contribution in [0.5, 0.6) is 0 Å². The molecule has 19 heavy (non-hydrogen) atoms. The number of hydrogen-bond acceptors (Lipinski definition) is 4. The molecule has 1 unspecified atom stereocenters. The minimum atomic E-state index is -1.07. The fourth-order valence-electron chi connectivity index (χ4n) is 1.40. The van der Waals surface area contributed by atoms with Crippen molar-refractivity contribution in [2.24, 2.45) is 0 Å². The highest BCUT2D eigenvalue weighted by atomic mass is 16.5. The van der Waals surface area contributed by atoms with Gasteiger partial charge in [0.25, 0.3) is 0 Å². The first kappa shape index (κ1) is 15.1. The van der Waals surface area contributed by atoms with E-state index >= 15 is 0 Å². The third-order valence-electron chi connectivity index (χ3n) is 2.71. The minimum Gasteiger partial charge on any atom is -0.477 e. The maximum Gasteiger partial charge on any atom is 0.354 e. The molecule has 6 heteroatoms. The van der Waals surface area contributed by atoms with Crippen molar-refractivity contribution in [3.05, 3.63) is 29.6 Å². The van der Waals surface area contributed by atoms with E-state index in [-0.39, 0.29) is 17.7 Å². The Kier molecular flexibility index (Phi) is 5.95. The lowest BCUT2D eigenvalue weighted by atomic mass is 10.2. The highest BCUT2D eigenvalue weighted by molar-refractivity contribution is 5.85. The summed E-state index contributed by atoms with van der Waals surface area (Å²) in [4.78, 5) is 25.9. The van der Waals surface area contributed by atoms with E-state index < -0.39 is 5.97 Å². The van der Waals surface area contributed by atoms with Gasteiger partial charge in [-0.05, 0) is 25.0 Å². The molecule has 6 nitrogen and oxygen atoms in total. The Hall–Kier alpha value is -1.95. The zero-order valence-electron chi connectivity index (χ0n) is 11.0. The van der Waals surface area contributed by atoms with Crippen LogP contribution in [0.4, 0.5) is 0 Å². The molecule has 0 spiro atoms. The molecule has 0 saturated carbocycles. The topological polar surface area (TPSA) is 88.5 Å². The molecule has 0 bridgehead atoms. The van der Waals surface area contributed by atoms with Crippen LogP contribution in [-0.2, 0) is 16.1 Å². The molecule has 1 rings (SSSR count). The highest BCUT2D eigenvalue weighted by Gasteiger charge is 2.07. The lowest BCUT2D eigenvalue weighted by molar-refractivity contribution is -0.121. The first-order valence-corrected chi connectivity index (χ1v) is 6.00. The molecule has 1 atom stereocenters. The van der Waals surface area contributed by atoms with Gasteiger partial charge in [0.15, 0.2) is 0 Å². The molecular weight excluding hydrogens is 248 g/mol. The van der Waals surface area contributed by atoms with E-state index in [2.05, 4.69) is 10.3 Å². The van der Waals surface area contributed by atoms with Gasteiger partial charge in [0, 0.05) is 26.3 Å². The average Bonchev–Trinajstić information content (AvgIpc) is 2.42. The van der Waals surface area contributed by atoms with Crippen molar-refractivity contribution >= 4 is 11.9 Å². The second-order valence-electron chi connectivity index (χ2n) is 4.22. The number of nitrogens with zero attached hydrogens (tertiary/aromatic N) is 1. The van der Waals surface area contributed by atoms with Crippen LogP contribution in [0, 0.1) is 0 Å². The summed E-state index contributed by atoms with van der Waals surface area (Å²) in [6.07, 6.45) is 2.57. The zero-order valence-corrected chi connectivity index (χ0v) is 11.0. The second kappa shape index (κ2) is 7.48. The van der Waals surface area contributed by atoms with Crippen molar-refractivity contribution in [2.75, 3.05) is 7.11 Å². The molecule has 1 amide bonds. The van der Waals surface area contributed by atoms with Crippen LogP contribution in [0.2, 0.25) is 0 Å². The molecule has 2 N–H and O–H groups in total. The largest absolute Gasteiger partial charge is 0.477 e. The molecule has 0 saturated heterocycles. The van der Waals surface area contributed by atoms with Crippen molar-refractivity contribution in [1.29, 1.82) is 0 Å². The summed E-state index contributed by atoms with van der Waals surface area (Å²) in [5.74, 6) is -1.13. The van der Waals surface area contributed by atoms with Crippen LogP contribution in [0.1, 0.15) is 35.8 Å². The molecule has 1 aromatic heterocycles. The number of pyridine rings is 1. The van der Waals surface area contributed by atoms with E-state index in [0.717, 1.165) is 5.56 Å². The average molecular weight is 266 g/mol. The number of methoxy groups -OCH3 is 1. The summed E-state index contributed by atoms with van der Waals surface area (Å²) in [6.45, 7) is 2.24. The second-order valence-corrected chi connectivity index (χ2v) is 4.22. The molecular formula is C13H18N2O4. The lowest BCUT2D eigenvalue weighted by Gasteiger charge is -2.09. The summed E-state index contributed by atoms with van der Waals surface area (Å²) in [5, 5.41) is 11.4. The van der Waals surface area contributed by atoms with Gasteiger partial charge in [-0.1, -0.05) is 6.07 Å². The normalized spacial score (nSPS) is 11.9. The van der Waals surface area contributed by atoms with Crippen LogP contribution in [0.25, 0.3) is 0 Å². The van der Waals surface area contributed by atoms with Crippen molar-refractivity contribution in [3.8, 4) is 0 Å². The van der Waals surface area contributed by atoms with Crippen LogP contribution in [0.15, 0.2) is 18.3 Å². The van der Waals surface area contributed by atoms with E-state index in [1.54, 1.807) is 13.2 Å². The van der Waals surface area contributed by atoms with Crippen molar-refractivity contribution < 1.29 is 19.4 Å². The lowest BCUT2D eigenvalue weighted by Crippen LogP contribution is -2.24. The fourth-order valence-corrected chi connectivity index (χ4v) is 1.40. The molecule has 0 aliphatic rings. The molecule has 0 aliphatic carbocycles. The van der Waals surface area contributed by atoms with Crippen molar-refractivity contribution in [1.82, 2.24) is 10.3 Å². The standard InChI is InChI=1S/C13H18N2O4/c1-9(19-2)3-6-12(16)15-8-10-4-5-11(13(17)18)14-7-10/h4-5,7,9H,3,6,8H2,1-2H3,(H,15,16)(H,17,18). The van der Waals surface area contributed by atoms with Gasteiger partial charge < -0.3 is 15.2 Å². The Morgan fingerprint density at radius 2 is 2.21 bits per heavy atom. The van der Waals surface area contributed by atoms with E-state index in [9.17, 15) is 9.59 Å². The number of hydrogen-bond donors (Lipinski definition) is 2. The maximum absolute atomic E-state index is 11.5. The van der Waals surface area contributed by atoms with Gasteiger partial charge in [-0.3, -0.25) is 4.79 Å². The maximum atomic E-state index is 11.5. The van der Waals surface area contributed by atoms with E-state index in [0.29, 0.717) is 19.4 Å². The Morgan fingerprint density at radius 1 is 1.47 bits per heavy atom. The van der Waals surface area contributed by atoms with Gasteiger partial charge in [-0.25, -0.2) is 9.78 Å². The van der Waals surface area contributed by atoms with Crippen molar-refractivity contribution in [2.45, 2.75) is 32.4 Å². The van der Waals surface area contributed by atoms with Crippen LogP contribution >= 0.6 is 0 Å². The number of rotatable bonds is 7. The Bertz CT molecular complexity index is 431. The first-order chi connectivity index (χ1) is 9.02. The summed E-state index contributed by atoms with van der Waals surface area (Å²) >= 11 is 0. The van der Waals surface area contributed by atoms with Gasteiger partial charge in [-0.2, -0.15) is 0 Å². The third kappa shape index (κ3) is 5.48. The number of carboxylic acid groups (broad SMARTS) is 1. The Balaban J connectivity index is 2.35. The van der Waals surface area contributed by atoms with Crippen molar-refractivity contribution in [3.63, 3.8) is 0 Å². The number of carbonyl (C=O) groups is 2. The number of ether oxygens (including phenoxy) is 1. The number of aromatic nitrogens is 1. The number of amides is 1.